The van der Waals surface area contributed by atoms with E-state index in [4.69, 9.17) is 0 Å². The molecule has 5 saturated carbocycles. The van der Waals surface area contributed by atoms with Crippen molar-refractivity contribution in [3.63, 3.8) is 0 Å². The van der Waals surface area contributed by atoms with Crippen molar-refractivity contribution in [3.8, 4) is 0 Å². The highest BCUT2D eigenvalue weighted by atomic mass is 16.2. The monoisotopic (exact) mass is 290 g/mol. The summed E-state index contributed by atoms with van der Waals surface area (Å²) in [6, 6.07) is 0.899. The molecule has 5 aliphatic carbocycles. The maximum absolute atomic E-state index is 12.2. The topological polar surface area (TPSA) is 41.1 Å². The summed E-state index contributed by atoms with van der Waals surface area (Å²) in [6.07, 6.45) is 11.0. The third kappa shape index (κ3) is 2.62. The third-order valence-corrected chi connectivity index (χ3v) is 6.82. The molecular formula is C18H30N2O. The summed E-state index contributed by atoms with van der Waals surface area (Å²) in [5.74, 6) is 3.15. The smallest absolute Gasteiger partial charge is 0.237 e. The molecule has 0 unspecified atom stereocenters. The van der Waals surface area contributed by atoms with Crippen LogP contribution in [0.25, 0.3) is 0 Å². The standard InChI is InChI=1S/C18H30N2O/c1-11(17(21)20-16-3-4-16)19-12(2)18-8-13-5-14(9-18)7-15(6-13)10-18/h11-16,19H,3-10H2,1-2H3,(H,20,21)/t11-,12-,13?,14?,15?,18?/m1/s1. The second kappa shape index (κ2) is 4.97. The Morgan fingerprint density at radius 1 is 1.00 bits per heavy atom. The minimum atomic E-state index is -0.0476. The van der Waals surface area contributed by atoms with Gasteiger partial charge in [0.15, 0.2) is 0 Å². The summed E-state index contributed by atoms with van der Waals surface area (Å²) in [6.45, 7) is 4.38. The molecule has 4 bridgehead atoms. The molecule has 5 rings (SSSR count). The van der Waals surface area contributed by atoms with Gasteiger partial charge in [-0.15, -0.1) is 0 Å². The highest BCUT2D eigenvalue weighted by Gasteiger charge is 2.53. The fraction of sp³-hybridized carbons (Fsp3) is 0.944. The van der Waals surface area contributed by atoms with Gasteiger partial charge in [-0.2, -0.15) is 0 Å². The molecule has 0 saturated heterocycles. The van der Waals surface area contributed by atoms with Crippen molar-refractivity contribution in [2.45, 2.75) is 83.3 Å². The molecule has 0 spiro atoms. The summed E-state index contributed by atoms with van der Waals surface area (Å²) < 4.78 is 0. The van der Waals surface area contributed by atoms with Crippen LogP contribution in [0.3, 0.4) is 0 Å². The van der Waals surface area contributed by atoms with Gasteiger partial charge >= 0.3 is 0 Å². The van der Waals surface area contributed by atoms with Gasteiger partial charge in [0, 0.05) is 12.1 Å². The molecule has 0 aromatic rings. The Balaban J connectivity index is 1.39. The van der Waals surface area contributed by atoms with Crippen molar-refractivity contribution >= 4 is 5.91 Å². The number of hydrogen-bond acceptors (Lipinski definition) is 2. The molecule has 0 aromatic heterocycles. The van der Waals surface area contributed by atoms with E-state index in [1.807, 2.05) is 6.92 Å². The van der Waals surface area contributed by atoms with Gasteiger partial charge in [0.1, 0.15) is 0 Å². The number of carbonyl (C=O) groups excluding carboxylic acids is 1. The van der Waals surface area contributed by atoms with Crippen molar-refractivity contribution < 1.29 is 4.79 Å². The molecule has 3 nitrogen and oxygen atoms in total. The largest absolute Gasteiger partial charge is 0.352 e. The van der Waals surface area contributed by atoms with Crippen LogP contribution in [0.1, 0.15) is 65.2 Å². The fourth-order valence-corrected chi connectivity index (χ4v) is 5.89. The maximum atomic E-state index is 12.2. The quantitative estimate of drug-likeness (QED) is 0.817. The second-order valence-electron chi connectivity index (χ2n) is 8.67. The van der Waals surface area contributed by atoms with Gasteiger partial charge < -0.3 is 10.6 Å². The number of carbonyl (C=O) groups is 1. The van der Waals surface area contributed by atoms with Gasteiger partial charge in [-0.3, -0.25) is 4.79 Å². The fourth-order valence-electron chi connectivity index (χ4n) is 5.89. The maximum Gasteiger partial charge on any atom is 0.237 e. The summed E-state index contributed by atoms with van der Waals surface area (Å²) >= 11 is 0. The SMILES string of the molecule is C[C@@H](N[C@H](C)C12CC3CC(CC(C3)C1)C2)C(=O)NC1CC1. The predicted octanol–water partition coefficient (Wildman–Crippen LogP) is 2.85. The lowest BCUT2D eigenvalue weighted by Crippen LogP contribution is -2.58. The first-order valence-electron chi connectivity index (χ1n) is 9.10. The lowest BCUT2D eigenvalue weighted by molar-refractivity contribution is -0.124. The van der Waals surface area contributed by atoms with Crippen LogP contribution in [-0.2, 0) is 4.79 Å². The molecule has 118 valence electrons. The van der Waals surface area contributed by atoms with Crippen molar-refractivity contribution in [1.82, 2.24) is 10.6 Å². The van der Waals surface area contributed by atoms with E-state index < -0.39 is 0 Å². The Bertz CT molecular complexity index is 394. The zero-order chi connectivity index (χ0) is 14.6. The Hall–Kier alpha value is -0.570. The minimum absolute atomic E-state index is 0.0476. The van der Waals surface area contributed by atoms with Crippen molar-refractivity contribution in [2.75, 3.05) is 0 Å². The average molecular weight is 290 g/mol. The van der Waals surface area contributed by atoms with Gasteiger partial charge in [-0.05, 0) is 88.4 Å². The molecule has 21 heavy (non-hydrogen) atoms. The van der Waals surface area contributed by atoms with Crippen LogP contribution in [0.4, 0.5) is 0 Å². The Kier molecular flexibility index (Phi) is 3.33. The van der Waals surface area contributed by atoms with Crippen LogP contribution < -0.4 is 10.6 Å². The normalized spacial score (nSPS) is 43.6. The Morgan fingerprint density at radius 2 is 1.52 bits per heavy atom. The molecule has 0 heterocycles. The van der Waals surface area contributed by atoms with Crippen LogP contribution in [0.2, 0.25) is 0 Å². The Labute approximate surface area is 128 Å². The van der Waals surface area contributed by atoms with Gasteiger partial charge in [0.2, 0.25) is 5.91 Å². The highest BCUT2D eigenvalue weighted by molar-refractivity contribution is 5.81. The molecule has 0 aromatic carbocycles. The number of amides is 1. The zero-order valence-corrected chi connectivity index (χ0v) is 13.5. The van der Waals surface area contributed by atoms with E-state index in [1.165, 1.54) is 51.4 Å². The van der Waals surface area contributed by atoms with E-state index in [0.29, 0.717) is 17.5 Å². The van der Waals surface area contributed by atoms with Crippen LogP contribution in [0.5, 0.6) is 0 Å². The molecule has 3 heteroatoms. The van der Waals surface area contributed by atoms with E-state index in [2.05, 4.69) is 17.6 Å². The molecule has 5 fully saturated rings. The first-order chi connectivity index (χ1) is 10.0. The molecule has 1 amide bonds. The predicted molar refractivity (Wildman–Crippen MR) is 83.8 cm³/mol. The first kappa shape index (κ1) is 14.0. The second-order valence-corrected chi connectivity index (χ2v) is 8.67. The van der Waals surface area contributed by atoms with Gasteiger partial charge in [0.05, 0.1) is 6.04 Å². The van der Waals surface area contributed by atoms with E-state index in [-0.39, 0.29) is 11.9 Å². The average Bonchev–Trinajstić information content (AvgIpc) is 3.20. The van der Waals surface area contributed by atoms with Crippen LogP contribution in [0.15, 0.2) is 0 Å². The first-order valence-corrected chi connectivity index (χ1v) is 9.10. The minimum Gasteiger partial charge on any atom is -0.352 e. The highest BCUT2D eigenvalue weighted by Crippen LogP contribution is 2.61. The van der Waals surface area contributed by atoms with E-state index in [0.717, 1.165) is 17.8 Å². The van der Waals surface area contributed by atoms with E-state index in [9.17, 15) is 4.79 Å². The summed E-state index contributed by atoms with van der Waals surface area (Å²) in [7, 11) is 0. The third-order valence-electron chi connectivity index (χ3n) is 6.82. The van der Waals surface area contributed by atoms with Crippen LogP contribution in [0, 0.1) is 23.2 Å². The summed E-state index contributed by atoms with van der Waals surface area (Å²) in [4.78, 5) is 12.2. The van der Waals surface area contributed by atoms with Crippen molar-refractivity contribution in [3.05, 3.63) is 0 Å². The zero-order valence-electron chi connectivity index (χ0n) is 13.5. The van der Waals surface area contributed by atoms with Gasteiger partial charge in [0.25, 0.3) is 0 Å². The molecular weight excluding hydrogens is 260 g/mol. The molecule has 2 atom stereocenters. The van der Waals surface area contributed by atoms with Gasteiger partial charge in [-0.1, -0.05) is 0 Å². The van der Waals surface area contributed by atoms with E-state index in [1.54, 1.807) is 0 Å². The summed E-state index contributed by atoms with van der Waals surface area (Å²) in [5.41, 5.74) is 0.489. The molecule has 5 aliphatic rings. The van der Waals surface area contributed by atoms with Crippen molar-refractivity contribution in [2.24, 2.45) is 23.2 Å². The van der Waals surface area contributed by atoms with Crippen LogP contribution >= 0.6 is 0 Å². The Morgan fingerprint density at radius 3 is 2.00 bits per heavy atom. The summed E-state index contributed by atoms with van der Waals surface area (Å²) in [5, 5.41) is 6.79. The van der Waals surface area contributed by atoms with E-state index >= 15 is 0 Å². The van der Waals surface area contributed by atoms with Crippen molar-refractivity contribution in [1.29, 1.82) is 0 Å². The molecule has 0 radical (unpaired) electrons. The lowest BCUT2D eigenvalue weighted by Gasteiger charge is -2.59. The molecule has 0 aliphatic heterocycles. The van der Waals surface area contributed by atoms with Crippen LogP contribution in [-0.4, -0.2) is 24.0 Å². The number of hydrogen-bond donors (Lipinski definition) is 2. The van der Waals surface area contributed by atoms with Gasteiger partial charge in [-0.25, -0.2) is 0 Å². The lowest BCUT2D eigenvalue weighted by atomic mass is 9.48. The number of rotatable bonds is 5. The number of nitrogens with one attached hydrogen (secondary N) is 2. The molecule has 2 N–H and O–H groups in total.